The molecule has 0 aromatic heterocycles. The lowest BCUT2D eigenvalue weighted by molar-refractivity contribution is -0.150. The molecule has 0 bridgehead atoms. The molecule has 7 heteroatoms. The molecule has 1 heterocycles. The van der Waals surface area contributed by atoms with Crippen LogP contribution in [0, 0.1) is 19.8 Å². The lowest BCUT2D eigenvalue weighted by Gasteiger charge is -2.25. The number of rotatable bonds is 8. The first-order chi connectivity index (χ1) is 14.8. The molecule has 0 spiro atoms. The van der Waals surface area contributed by atoms with Gasteiger partial charge in [0.25, 0.3) is 5.91 Å². The Hall–Kier alpha value is -3.22. The van der Waals surface area contributed by atoms with Gasteiger partial charge < -0.3 is 24.3 Å². The van der Waals surface area contributed by atoms with Gasteiger partial charge in [-0.05, 0) is 54.7 Å². The van der Waals surface area contributed by atoms with Crippen molar-refractivity contribution in [2.75, 3.05) is 26.4 Å². The largest absolute Gasteiger partial charge is 0.486 e. The number of esters is 1. The second-order valence-electron chi connectivity index (χ2n) is 7.84. The molecule has 1 N–H and O–H groups in total. The number of ether oxygens (including phenoxy) is 4. The van der Waals surface area contributed by atoms with Crippen molar-refractivity contribution in [2.24, 2.45) is 5.92 Å². The molecule has 3 rings (SSSR count). The predicted molar refractivity (Wildman–Crippen MR) is 116 cm³/mol. The number of hydrogen-bond donors (Lipinski definition) is 1. The molecule has 2 aromatic rings. The Kier molecular flexibility index (Phi) is 7.39. The smallest absolute Gasteiger partial charge is 0.344 e. The minimum atomic E-state index is -0.600. The molecule has 0 saturated carbocycles. The van der Waals surface area contributed by atoms with E-state index in [0.29, 0.717) is 30.5 Å². The van der Waals surface area contributed by atoms with Gasteiger partial charge in [0.2, 0.25) is 0 Å². The summed E-state index contributed by atoms with van der Waals surface area (Å²) in [6.07, 6.45) is 0. The van der Waals surface area contributed by atoms with Crippen molar-refractivity contribution in [1.82, 2.24) is 5.32 Å². The quantitative estimate of drug-likeness (QED) is 0.649. The second kappa shape index (κ2) is 10.2. The minimum Gasteiger partial charge on any atom is -0.486 e. The normalized spacial score (nSPS) is 13.5. The van der Waals surface area contributed by atoms with Gasteiger partial charge in [0.15, 0.2) is 24.7 Å². The van der Waals surface area contributed by atoms with Crippen LogP contribution in [-0.4, -0.2) is 38.3 Å². The van der Waals surface area contributed by atoms with Crippen LogP contribution in [0.3, 0.4) is 0 Å². The lowest BCUT2D eigenvalue weighted by atomic mass is 9.95. The molecule has 7 nitrogen and oxygen atoms in total. The third kappa shape index (κ3) is 5.90. The molecule has 31 heavy (non-hydrogen) atoms. The van der Waals surface area contributed by atoms with Crippen molar-refractivity contribution in [3.8, 4) is 17.2 Å². The first-order valence-electron chi connectivity index (χ1n) is 10.4. The molecule has 0 aliphatic carbocycles. The number of carbonyl (C=O) groups excluding carboxylic acids is 2. The van der Waals surface area contributed by atoms with E-state index in [1.807, 2.05) is 58.0 Å². The van der Waals surface area contributed by atoms with Gasteiger partial charge in [0.05, 0.1) is 6.04 Å². The van der Waals surface area contributed by atoms with Crippen LogP contribution in [-0.2, 0) is 14.3 Å². The fourth-order valence-electron chi connectivity index (χ4n) is 3.31. The average Bonchev–Trinajstić information content (AvgIpc) is 2.76. The topological polar surface area (TPSA) is 83.1 Å². The summed E-state index contributed by atoms with van der Waals surface area (Å²) in [5.41, 5.74) is 2.94. The van der Waals surface area contributed by atoms with Gasteiger partial charge in [-0.1, -0.05) is 32.0 Å². The van der Waals surface area contributed by atoms with Crippen LogP contribution in [0.4, 0.5) is 0 Å². The van der Waals surface area contributed by atoms with Gasteiger partial charge in [-0.2, -0.15) is 0 Å². The number of hydrogen-bond acceptors (Lipinski definition) is 6. The predicted octanol–water partition coefficient (Wildman–Crippen LogP) is 3.51. The van der Waals surface area contributed by atoms with Crippen molar-refractivity contribution in [3.63, 3.8) is 0 Å². The number of benzene rings is 2. The summed E-state index contributed by atoms with van der Waals surface area (Å²) in [7, 11) is 0. The maximum absolute atomic E-state index is 12.4. The zero-order valence-electron chi connectivity index (χ0n) is 18.4. The zero-order valence-corrected chi connectivity index (χ0v) is 18.4. The van der Waals surface area contributed by atoms with E-state index in [-0.39, 0.29) is 31.1 Å². The minimum absolute atomic E-state index is 0.120. The Labute approximate surface area is 182 Å². The van der Waals surface area contributed by atoms with Crippen LogP contribution >= 0.6 is 0 Å². The van der Waals surface area contributed by atoms with Gasteiger partial charge in [-0.3, -0.25) is 4.79 Å². The highest BCUT2D eigenvalue weighted by Gasteiger charge is 2.22. The van der Waals surface area contributed by atoms with Crippen LogP contribution in [0.2, 0.25) is 0 Å². The van der Waals surface area contributed by atoms with E-state index in [2.05, 4.69) is 5.32 Å². The second-order valence-corrected chi connectivity index (χ2v) is 7.84. The van der Waals surface area contributed by atoms with E-state index in [0.717, 1.165) is 16.7 Å². The SMILES string of the molecule is Cc1cccc(OCC(=O)OCC(=O)N[C@H](c2ccc3c(c2)OCCO3)C(C)C)c1C. The Morgan fingerprint density at radius 2 is 1.77 bits per heavy atom. The molecule has 0 radical (unpaired) electrons. The number of aryl methyl sites for hydroxylation is 1. The summed E-state index contributed by atoms with van der Waals surface area (Å²) < 4.78 is 21.8. The van der Waals surface area contributed by atoms with E-state index < -0.39 is 5.97 Å². The Morgan fingerprint density at radius 1 is 1.03 bits per heavy atom. The first-order valence-corrected chi connectivity index (χ1v) is 10.4. The van der Waals surface area contributed by atoms with E-state index in [1.165, 1.54) is 0 Å². The Bertz CT molecular complexity index is 940. The number of fused-ring (bicyclic) bond motifs is 1. The van der Waals surface area contributed by atoms with E-state index in [9.17, 15) is 9.59 Å². The van der Waals surface area contributed by atoms with Gasteiger partial charge in [0, 0.05) is 0 Å². The van der Waals surface area contributed by atoms with Crippen molar-refractivity contribution >= 4 is 11.9 Å². The van der Waals surface area contributed by atoms with Crippen molar-refractivity contribution < 1.29 is 28.5 Å². The molecular formula is C24H29NO6. The van der Waals surface area contributed by atoms with Gasteiger partial charge in [-0.25, -0.2) is 4.79 Å². The third-order valence-electron chi connectivity index (χ3n) is 5.17. The fourth-order valence-corrected chi connectivity index (χ4v) is 3.31. The molecule has 166 valence electrons. The molecule has 1 aliphatic heterocycles. The van der Waals surface area contributed by atoms with Crippen molar-refractivity contribution in [3.05, 3.63) is 53.1 Å². The highest BCUT2D eigenvalue weighted by Crippen LogP contribution is 2.34. The summed E-state index contributed by atoms with van der Waals surface area (Å²) in [6, 6.07) is 11.0. The molecule has 1 amide bonds. The number of nitrogens with one attached hydrogen (secondary N) is 1. The average molecular weight is 427 g/mol. The van der Waals surface area contributed by atoms with Crippen LogP contribution in [0.5, 0.6) is 17.2 Å². The molecule has 0 fully saturated rings. The molecule has 1 aliphatic rings. The molecule has 1 atom stereocenters. The van der Waals surface area contributed by atoms with E-state index >= 15 is 0 Å². The first kappa shape index (κ1) is 22.5. The molecular weight excluding hydrogens is 398 g/mol. The van der Waals surface area contributed by atoms with Crippen molar-refractivity contribution in [1.29, 1.82) is 0 Å². The summed E-state index contributed by atoms with van der Waals surface area (Å²) in [4.78, 5) is 24.4. The van der Waals surface area contributed by atoms with Gasteiger partial charge in [0.1, 0.15) is 19.0 Å². The summed E-state index contributed by atoms with van der Waals surface area (Å²) >= 11 is 0. The fraction of sp³-hybridized carbons (Fsp3) is 0.417. The number of amides is 1. The maximum Gasteiger partial charge on any atom is 0.344 e. The number of carbonyl (C=O) groups is 2. The standard InChI is InChI=1S/C24H29NO6/c1-15(2)24(18-8-9-20-21(12-18)29-11-10-28-20)25-22(26)13-31-23(27)14-30-19-7-5-6-16(3)17(19)4/h5-9,12,15,24H,10-11,13-14H2,1-4H3,(H,25,26)/t24-/m0/s1. The highest BCUT2D eigenvalue weighted by atomic mass is 16.6. The van der Waals surface area contributed by atoms with E-state index in [4.69, 9.17) is 18.9 Å². The van der Waals surface area contributed by atoms with Gasteiger partial charge >= 0.3 is 5.97 Å². The maximum atomic E-state index is 12.4. The molecule has 0 saturated heterocycles. The van der Waals surface area contributed by atoms with E-state index in [1.54, 1.807) is 6.07 Å². The molecule has 2 aromatic carbocycles. The van der Waals surface area contributed by atoms with Crippen LogP contribution in [0.1, 0.15) is 36.6 Å². The highest BCUT2D eigenvalue weighted by molar-refractivity contribution is 5.81. The van der Waals surface area contributed by atoms with Crippen molar-refractivity contribution in [2.45, 2.75) is 33.7 Å². The van der Waals surface area contributed by atoms with Crippen LogP contribution < -0.4 is 19.5 Å². The molecule has 0 unspecified atom stereocenters. The Balaban J connectivity index is 1.52. The lowest BCUT2D eigenvalue weighted by Crippen LogP contribution is -2.35. The summed E-state index contributed by atoms with van der Waals surface area (Å²) in [6.45, 7) is 8.29. The zero-order chi connectivity index (χ0) is 22.4. The third-order valence-corrected chi connectivity index (χ3v) is 5.17. The van der Waals surface area contributed by atoms with Crippen LogP contribution in [0.25, 0.3) is 0 Å². The summed E-state index contributed by atoms with van der Waals surface area (Å²) in [5, 5.41) is 2.93. The monoisotopic (exact) mass is 427 g/mol. The van der Waals surface area contributed by atoms with Crippen LogP contribution in [0.15, 0.2) is 36.4 Å². The van der Waals surface area contributed by atoms with Gasteiger partial charge in [-0.15, -0.1) is 0 Å². The summed E-state index contributed by atoms with van der Waals surface area (Å²) in [5.74, 6) is 1.13. The Morgan fingerprint density at radius 3 is 2.52 bits per heavy atom.